The molecule has 0 fully saturated rings. The van der Waals surface area contributed by atoms with Crippen LogP contribution in [0.2, 0.25) is 0 Å². The molecule has 0 aliphatic rings. The third-order valence-corrected chi connectivity index (χ3v) is 2.72. The zero-order valence-corrected chi connectivity index (χ0v) is 8.74. The van der Waals surface area contributed by atoms with Crippen LogP contribution in [0.15, 0.2) is 24.5 Å². The number of aromatic nitrogens is 1. The second-order valence-corrected chi connectivity index (χ2v) is 4.00. The average Bonchev–Trinajstić information content (AvgIpc) is 2.65. The molecule has 0 atom stereocenters. The van der Waals surface area contributed by atoms with Crippen molar-refractivity contribution in [3.63, 3.8) is 0 Å². The van der Waals surface area contributed by atoms with Crippen LogP contribution in [0.3, 0.4) is 0 Å². The maximum absolute atomic E-state index is 11.3. The van der Waals surface area contributed by atoms with E-state index in [4.69, 9.17) is 4.74 Å². The van der Waals surface area contributed by atoms with Crippen molar-refractivity contribution in [1.82, 2.24) is 3.97 Å². The van der Waals surface area contributed by atoms with Crippen LogP contribution in [-0.4, -0.2) is 32.2 Å². The van der Waals surface area contributed by atoms with Gasteiger partial charge in [0, 0.05) is 19.0 Å². The van der Waals surface area contributed by atoms with E-state index in [1.807, 2.05) is 6.92 Å². The summed E-state index contributed by atoms with van der Waals surface area (Å²) in [6.45, 7) is 2.69. The summed E-state index contributed by atoms with van der Waals surface area (Å²) in [6.07, 6.45) is 2.83. The highest BCUT2D eigenvalue weighted by Gasteiger charge is 2.11. The Kier molecular flexibility index (Phi) is 4.12. The Morgan fingerprint density at radius 1 is 1.21 bits per heavy atom. The van der Waals surface area contributed by atoms with Gasteiger partial charge in [-0.15, -0.1) is 0 Å². The number of nitrogens with zero attached hydrogens (tertiary/aromatic N) is 1. The first kappa shape index (κ1) is 11.2. The van der Waals surface area contributed by atoms with Crippen LogP contribution in [0.4, 0.5) is 0 Å². The van der Waals surface area contributed by atoms with Gasteiger partial charge in [0.25, 0.3) is 0 Å². The molecule has 0 unspecified atom stereocenters. The highest BCUT2D eigenvalue weighted by Crippen LogP contribution is 2.00. The molecule has 0 bridgehead atoms. The Labute approximate surface area is 83.5 Å². The van der Waals surface area contributed by atoms with Gasteiger partial charge in [0.05, 0.1) is 13.2 Å². The third-order valence-electron chi connectivity index (χ3n) is 1.50. The van der Waals surface area contributed by atoms with E-state index in [2.05, 4.69) is 4.18 Å². The van der Waals surface area contributed by atoms with Gasteiger partial charge in [-0.25, -0.2) is 3.97 Å². The summed E-state index contributed by atoms with van der Waals surface area (Å²) in [4.78, 5) is 0. The van der Waals surface area contributed by atoms with Crippen molar-refractivity contribution in [2.75, 3.05) is 19.8 Å². The molecule has 1 heterocycles. The van der Waals surface area contributed by atoms with E-state index in [0.29, 0.717) is 6.61 Å². The van der Waals surface area contributed by atoms with Gasteiger partial charge in [0.15, 0.2) is 0 Å². The van der Waals surface area contributed by atoms with Crippen molar-refractivity contribution in [3.8, 4) is 0 Å². The Morgan fingerprint density at radius 3 is 2.43 bits per heavy atom. The molecule has 1 rings (SSSR count). The highest BCUT2D eigenvalue weighted by molar-refractivity contribution is 7.85. The predicted octanol–water partition coefficient (Wildman–Crippen LogP) is 0.634. The second-order valence-electron chi connectivity index (χ2n) is 2.49. The fourth-order valence-electron chi connectivity index (χ4n) is 0.871. The molecular formula is C8H13NO4S. The third kappa shape index (κ3) is 3.13. The molecular weight excluding hydrogens is 206 g/mol. The van der Waals surface area contributed by atoms with Gasteiger partial charge in [-0.3, -0.25) is 4.18 Å². The molecule has 80 valence electrons. The van der Waals surface area contributed by atoms with Gasteiger partial charge >= 0.3 is 10.3 Å². The van der Waals surface area contributed by atoms with Crippen LogP contribution < -0.4 is 0 Å². The normalized spacial score (nSPS) is 11.8. The lowest BCUT2D eigenvalue weighted by Gasteiger charge is -2.05. The van der Waals surface area contributed by atoms with Crippen molar-refractivity contribution in [2.45, 2.75) is 6.92 Å². The number of hydrogen-bond donors (Lipinski definition) is 0. The summed E-state index contributed by atoms with van der Waals surface area (Å²) in [5.41, 5.74) is 0. The van der Waals surface area contributed by atoms with Crippen LogP contribution in [0.5, 0.6) is 0 Å². The van der Waals surface area contributed by atoms with E-state index in [1.165, 1.54) is 12.4 Å². The largest absolute Gasteiger partial charge is 0.379 e. The SMILES string of the molecule is CCOCCOS(=O)(=O)n1cccc1. The first-order valence-corrected chi connectivity index (χ1v) is 5.64. The standard InChI is InChI=1S/C8H13NO4S/c1-2-12-7-8-13-14(10,11)9-5-3-4-6-9/h3-6H,2,7-8H2,1H3. The zero-order valence-electron chi connectivity index (χ0n) is 7.92. The minimum Gasteiger partial charge on any atom is -0.379 e. The van der Waals surface area contributed by atoms with E-state index in [9.17, 15) is 8.42 Å². The van der Waals surface area contributed by atoms with E-state index in [0.717, 1.165) is 3.97 Å². The number of hydrogen-bond acceptors (Lipinski definition) is 4. The highest BCUT2D eigenvalue weighted by atomic mass is 32.2. The monoisotopic (exact) mass is 219 g/mol. The molecule has 0 aliphatic carbocycles. The topological polar surface area (TPSA) is 57.5 Å². The van der Waals surface area contributed by atoms with Crippen molar-refractivity contribution in [2.24, 2.45) is 0 Å². The summed E-state index contributed by atoms with van der Waals surface area (Å²) >= 11 is 0. The lowest BCUT2D eigenvalue weighted by molar-refractivity contribution is 0.111. The second kappa shape index (κ2) is 5.14. The Hall–Kier alpha value is -0.850. The van der Waals surface area contributed by atoms with Crippen LogP contribution >= 0.6 is 0 Å². The molecule has 0 saturated carbocycles. The van der Waals surface area contributed by atoms with Crippen molar-refractivity contribution < 1.29 is 17.3 Å². The Morgan fingerprint density at radius 2 is 1.86 bits per heavy atom. The van der Waals surface area contributed by atoms with Gasteiger partial charge < -0.3 is 4.74 Å². The smallest absolute Gasteiger partial charge is 0.365 e. The fourth-order valence-corrected chi connectivity index (χ4v) is 1.71. The maximum atomic E-state index is 11.3. The van der Waals surface area contributed by atoms with Crippen LogP contribution in [-0.2, 0) is 19.2 Å². The summed E-state index contributed by atoms with van der Waals surface area (Å²) < 4.78 is 33.3. The summed E-state index contributed by atoms with van der Waals surface area (Å²) in [5.74, 6) is 0. The molecule has 1 aromatic heterocycles. The first-order chi connectivity index (χ1) is 6.67. The van der Waals surface area contributed by atoms with Gasteiger partial charge in [-0.2, -0.15) is 8.42 Å². The Balaban J connectivity index is 2.44. The molecule has 0 saturated heterocycles. The molecule has 0 aliphatic heterocycles. The van der Waals surface area contributed by atoms with E-state index in [-0.39, 0.29) is 13.2 Å². The summed E-state index contributed by atoms with van der Waals surface area (Å²) in [5, 5.41) is 0. The van der Waals surface area contributed by atoms with Crippen LogP contribution in [0.25, 0.3) is 0 Å². The van der Waals surface area contributed by atoms with Crippen LogP contribution in [0.1, 0.15) is 6.92 Å². The van der Waals surface area contributed by atoms with Crippen LogP contribution in [0, 0.1) is 0 Å². The number of ether oxygens (including phenoxy) is 1. The zero-order chi connectivity index (χ0) is 10.4. The van der Waals surface area contributed by atoms with Gasteiger partial charge in [0.1, 0.15) is 0 Å². The Bertz CT molecular complexity index is 343. The molecule has 0 amide bonds. The summed E-state index contributed by atoms with van der Waals surface area (Å²) in [6, 6.07) is 3.23. The minimum absolute atomic E-state index is 0.0361. The van der Waals surface area contributed by atoms with E-state index >= 15 is 0 Å². The molecule has 0 spiro atoms. The molecule has 0 N–H and O–H groups in total. The molecule has 6 heteroatoms. The van der Waals surface area contributed by atoms with Gasteiger partial charge in [-0.1, -0.05) is 0 Å². The molecule has 0 aromatic carbocycles. The van der Waals surface area contributed by atoms with Gasteiger partial charge in [-0.05, 0) is 19.1 Å². The number of rotatable bonds is 6. The average molecular weight is 219 g/mol. The van der Waals surface area contributed by atoms with Crippen molar-refractivity contribution >= 4 is 10.3 Å². The molecule has 1 aromatic rings. The van der Waals surface area contributed by atoms with E-state index in [1.54, 1.807) is 12.1 Å². The van der Waals surface area contributed by atoms with Crippen molar-refractivity contribution in [1.29, 1.82) is 0 Å². The quantitative estimate of drug-likeness (QED) is 0.659. The minimum atomic E-state index is -3.66. The first-order valence-electron chi connectivity index (χ1n) is 4.27. The van der Waals surface area contributed by atoms with E-state index < -0.39 is 10.3 Å². The fraction of sp³-hybridized carbons (Fsp3) is 0.500. The van der Waals surface area contributed by atoms with Gasteiger partial charge in [0.2, 0.25) is 0 Å². The molecule has 5 nitrogen and oxygen atoms in total. The molecule has 14 heavy (non-hydrogen) atoms. The maximum Gasteiger partial charge on any atom is 0.365 e. The molecule has 0 radical (unpaired) electrons. The lowest BCUT2D eigenvalue weighted by Crippen LogP contribution is -2.17. The predicted molar refractivity (Wildman–Crippen MR) is 51.2 cm³/mol. The van der Waals surface area contributed by atoms with Crippen molar-refractivity contribution in [3.05, 3.63) is 24.5 Å². The lowest BCUT2D eigenvalue weighted by atomic mass is 10.7. The summed E-state index contributed by atoms with van der Waals surface area (Å²) in [7, 11) is -3.66.